The number of carbonyl (C=O) groups is 1. The van der Waals surface area contributed by atoms with Crippen molar-refractivity contribution in [3.63, 3.8) is 0 Å². The van der Waals surface area contributed by atoms with Gasteiger partial charge in [-0.25, -0.2) is 9.18 Å². The highest BCUT2D eigenvalue weighted by atomic mass is 19.1. The second kappa shape index (κ2) is 14.1. The average Bonchev–Trinajstić information content (AvgIpc) is 2.91. The lowest BCUT2D eigenvalue weighted by molar-refractivity contribution is -0.149. The Hall–Kier alpha value is -3.99. The van der Waals surface area contributed by atoms with Crippen LogP contribution in [0.3, 0.4) is 0 Å². The Balaban J connectivity index is 1.64. The molecule has 2 aromatic carbocycles. The molecule has 0 bridgehead atoms. The summed E-state index contributed by atoms with van der Waals surface area (Å²) in [6.45, 7) is 8.36. The molecular formula is C27H34FN5O5. The quantitative estimate of drug-likeness (QED) is 0.309. The molecular weight excluding hydrogens is 493 g/mol. The van der Waals surface area contributed by atoms with Crippen LogP contribution in [0, 0.1) is 5.82 Å². The number of carboxylic acids is 1. The molecule has 0 aliphatic rings. The van der Waals surface area contributed by atoms with Crippen LogP contribution < -0.4 is 19.3 Å². The third kappa shape index (κ3) is 8.27. The van der Waals surface area contributed by atoms with Gasteiger partial charge in [-0.1, -0.05) is 12.1 Å². The highest BCUT2D eigenvalue weighted by Gasteiger charge is 2.18. The van der Waals surface area contributed by atoms with Crippen LogP contribution in [0.5, 0.6) is 17.5 Å². The predicted octanol–water partition coefficient (Wildman–Crippen LogP) is 4.20. The molecule has 38 heavy (non-hydrogen) atoms. The molecule has 0 unspecified atom stereocenters. The van der Waals surface area contributed by atoms with E-state index in [0.717, 1.165) is 5.56 Å². The van der Waals surface area contributed by atoms with E-state index in [1.807, 2.05) is 42.8 Å². The van der Waals surface area contributed by atoms with E-state index in [1.165, 1.54) is 24.3 Å². The highest BCUT2D eigenvalue weighted by molar-refractivity contribution is 5.72. The number of anilines is 2. The van der Waals surface area contributed by atoms with Crippen molar-refractivity contribution in [1.82, 2.24) is 15.0 Å². The van der Waals surface area contributed by atoms with Gasteiger partial charge in [0.05, 0.1) is 6.54 Å². The largest absolute Gasteiger partial charge is 0.492 e. The van der Waals surface area contributed by atoms with Gasteiger partial charge in [-0.15, -0.1) is 0 Å². The van der Waals surface area contributed by atoms with Gasteiger partial charge in [0, 0.05) is 33.2 Å². The molecule has 11 heteroatoms. The molecule has 3 aromatic rings. The molecule has 1 N–H and O–H groups in total. The predicted molar refractivity (Wildman–Crippen MR) is 142 cm³/mol. The number of rotatable bonds is 15. The lowest BCUT2D eigenvalue weighted by Gasteiger charge is -2.22. The maximum Gasteiger partial charge on any atom is 0.333 e. The lowest BCUT2D eigenvalue weighted by Crippen LogP contribution is -2.29. The van der Waals surface area contributed by atoms with Crippen molar-refractivity contribution in [3.8, 4) is 17.5 Å². The molecule has 0 radical (unpaired) electrons. The van der Waals surface area contributed by atoms with Crippen LogP contribution in [0.25, 0.3) is 0 Å². The van der Waals surface area contributed by atoms with Crippen molar-refractivity contribution >= 4 is 17.9 Å². The van der Waals surface area contributed by atoms with Crippen LogP contribution in [0.4, 0.5) is 16.3 Å². The topological polar surface area (TPSA) is 110 Å². The van der Waals surface area contributed by atoms with E-state index in [0.29, 0.717) is 56.2 Å². The first-order valence-electron chi connectivity index (χ1n) is 12.5. The smallest absolute Gasteiger partial charge is 0.333 e. The van der Waals surface area contributed by atoms with Crippen molar-refractivity contribution < 1.29 is 28.5 Å². The van der Waals surface area contributed by atoms with Gasteiger partial charge in [0.15, 0.2) is 6.10 Å². The number of hydrogen-bond donors (Lipinski definition) is 1. The van der Waals surface area contributed by atoms with Gasteiger partial charge in [0.1, 0.15) is 23.9 Å². The standard InChI is InChI=1S/C27H34FN5O5/c1-5-33(6-2)26-29-25(30-27(31-26)38-22-14-10-20(28)11-15-22)32(4)16-17-37-21-12-8-19(9-13-21)18-23(24(34)35)36-7-3/h8-15,23H,5-7,16-18H2,1-4H3,(H,34,35)/t23-/m0/s1. The summed E-state index contributed by atoms with van der Waals surface area (Å²) < 4.78 is 30.2. The second-order valence-corrected chi connectivity index (χ2v) is 8.35. The number of benzene rings is 2. The molecule has 1 heterocycles. The average molecular weight is 528 g/mol. The third-order valence-electron chi connectivity index (χ3n) is 5.68. The molecule has 1 atom stereocenters. The Bertz CT molecular complexity index is 1160. The van der Waals surface area contributed by atoms with E-state index >= 15 is 0 Å². The fourth-order valence-electron chi connectivity index (χ4n) is 3.56. The summed E-state index contributed by atoms with van der Waals surface area (Å²) in [6, 6.07) is 13.0. The van der Waals surface area contributed by atoms with Crippen LogP contribution in [0.1, 0.15) is 26.3 Å². The number of carboxylic acid groups (broad SMARTS) is 1. The van der Waals surface area contributed by atoms with Crippen molar-refractivity contribution in [2.24, 2.45) is 0 Å². The minimum atomic E-state index is -0.982. The summed E-state index contributed by atoms with van der Waals surface area (Å²) in [5.74, 6) is 0.621. The zero-order valence-electron chi connectivity index (χ0n) is 22.1. The number of hydrogen-bond acceptors (Lipinski definition) is 9. The van der Waals surface area contributed by atoms with Crippen molar-refractivity contribution in [2.75, 3.05) is 49.7 Å². The normalized spacial score (nSPS) is 11.6. The number of aromatic nitrogens is 3. The molecule has 0 aliphatic carbocycles. The minimum Gasteiger partial charge on any atom is -0.492 e. The molecule has 0 saturated heterocycles. The third-order valence-corrected chi connectivity index (χ3v) is 5.68. The van der Waals surface area contributed by atoms with Gasteiger partial charge < -0.3 is 29.1 Å². The molecule has 3 rings (SSSR count). The summed E-state index contributed by atoms with van der Waals surface area (Å²) in [7, 11) is 1.84. The van der Waals surface area contributed by atoms with Gasteiger partial charge >= 0.3 is 12.0 Å². The summed E-state index contributed by atoms with van der Waals surface area (Å²) in [6.07, 6.45) is -0.595. The number of aliphatic carboxylic acids is 1. The number of ether oxygens (including phenoxy) is 3. The summed E-state index contributed by atoms with van der Waals surface area (Å²) in [5, 5.41) is 9.27. The van der Waals surface area contributed by atoms with Gasteiger partial charge in [-0.05, 0) is 62.7 Å². The Kier molecular flexibility index (Phi) is 10.6. The molecule has 1 aromatic heterocycles. The van der Waals surface area contributed by atoms with Crippen LogP contribution in [-0.2, 0) is 16.0 Å². The van der Waals surface area contributed by atoms with E-state index in [4.69, 9.17) is 14.2 Å². The number of nitrogens with zero attached hydrogens (tertiary/aromatic N) is 5. The van der Waals surface area contributed by atoms with Gasteiger partial charge in [0.2, 0.25) is 11.9 Å². The van der Waals surface area contributed by atoms with Gasteiger partial charge in [0.25, 0.3) is 0 Å². The lowest BCUT2D eigenvalue weighted by atomic mass is 10.1. The Labute approximate surface area is 222 Å². The van der Waals surface area contributed by atoms with Crippen LogP contribution >= 0.6 is 0 Å². The fourth-order valence-corrected chi connectivity index (χ4v) is 3.56. The van der Waals surface area contributed by atoms with E-state index in [1.54, 1.807) is 19.1 Å². The van der Waals surface area contributed by atoms with E-state index < -0.39 is 12.1 Å². The molecule has 0 saturated carbocycles. The summed E-state index contributed by atoms with van der Waals surface area (Å²) in [5.41, 5.74) is 0.845. The van der Waals surface area contributed by atoms with E-state index in [9.17, 15) is 14.3 Å². The molecule has 204 valence electrons. The molecule has 0 amide bonds. The maximum atomic E-state index is 13.3. The fraction of sp³-hybridized carbons (Fsp3) is 0.407. The molecule has 10 nitrogen and oxygen atoms in total. The van der Waals surface area contributed by atoms with Crippen LogP contribution in [-0.4, -0.2) is 72.0 Å². The molecule has 0 spiro atoms. The van der Waals surface area contributed by atoms with Gasteiger partial charge in [-0.3, -0.25) is 0 Å². The zero-order valence-corrected chi connectivity index (χ0v) is 22.1. The number of likely N-dealkylation sites (N-methyl/N-ethyl adjacent to an activating group) is 1. The van der Waals surface area contributed by atoms with Gasteiger partial charge in [-0.2, -0.15) is 15.0 Å². The first-order valence-corrected chi connectivity index (χ1v) is 12.5. The first kappa shape index (κ1) is 28.6. The van der Waals surface area contributed by atoms with E-state index in [2.05, 4.69) is 15.0 Å². The SMILES string of the molecule is CCO[C@@H](Cc1ccc(OCCN(C)c2nc(Oc3ccc(F)cc3)nc(N(CC)CC)n2)cc1)C(=O)O. The highest BCUT2D eigenvalue weighted by Crippen LogP contribution is 2.23. The van der Waals surface area contributed by atoms with Crippen molar-refractivity contribution in [3.05, 3.63) is 59.9 Å². The monoisotopic (exact) mass is 527 g/mol. The van der Waals surface area contributed by atoms with Crippen molar-refractivity contribution in [2.45, 2.75) is 33.3 Å². The van der Waals surface area contributed by atoms with Crippen molar-refractivity contribution in [1.29, 1.82) is 0 Å². The maximum absolute atomic E-state index is 13.3. The summed E-state index contributed by atoms with van der Waals surface area (Å²) in [4.78, 5) is 28.6. The molecule has 0 aliphatic heterocycles. The summed E-state index contributed by atoms with van der Waals surface area (Å²) >= 11 is 0. The Morgan fingerprint density at radius 1 is 0.947 bits per heavy atom. The Morgan fingerprint density at radius 3 is 2.18 bits per heavy atom. The van der Waals surface area contributed by atoms with Crippen LogP contribution in [0.2, 0.25) is 0 Å². The number of halogens is 1. The van der Waals surface area contributed by atoms with Crippen LogP contribution in [0.15, 0.2) is 48.5 Å². The second-order valence-electron chi connectivity index (χ2n) is 8.35. The molecule has 0 fully saturated rings. The minimum absolute atomic E-state index is 0.110. The zero-order chi connectivity index (χ0) is 27.5. The van der Waals surface area contributed by atoms with E-state index in [-0.39, 0.29) is 18.2 Å². The Morgan fingerprint density at radius 2 is 1.58 bits per heavy atom. The first-order chi connectivity index (χ1) is 18.3.